The highest BCUT2D eigenvalue weighted by Crippen LogP contribution is 2.10. The smallest absolute Gasteiger partial charge is 0.257 e. The van der Waals surface area contributed by atoms with Crippen molar-refractivity contribution in [2.75, 3.05) is 13.2 Å². The summed E-state index contributed by atoms with van der Waals surface area (Å²) in [6.07, 6.45) is 3.34. The third-order valence-electron chi connectivity index (χ3n) is 3.94. The molecular weight excluding hydrogens is 314 g/mol. The van der Waals surface area contributed by atoms with Crippen LogP contribution in [-0.2, 0) is 13.1 Å². The average Bonchev–Trinajstić information content (AvgIpc) is 3.11. The molecule has 1 amide bonds. The highest BCUT2D eigenvalue weighted by atomic mass is 16.3. The molecule has 3 aromatic rings. The van der Waals surface area contributed by atoms with Gasteiger partial charge in [0.25, 0.3) is 5.91 Å². The Morgan fingerprint density at radius 2 is 1.64 bits per heavy atom. The molecule has 1 N–H and O–H groups in total. The number of hydrogen-bond acceptors (Lipinski definition) is 3. The SMILES string of the molecule is O=C(c1cnn(Cc2ccccc2)c1)N(CCO)Cc1ccccc1. The van der Waals surface area contributed by atoms with E-state index in [1.165, 1.54) is 0 Å². The summed E-state index contributed by atoms with van der Waals surface area (Å²) >= 11 is 0. The van der Waals surface area contributed by atoms with Crippen LogP contribution in [0.25, 0.3) is 0 Å². The molecule has 1 heterocycles. The van der Waals surface area contributed by atoms with Crippen LogP contribution in [0.2, 0.25) is 0 Å². The minimum atomic E-state index is -0.128. The molecule has 0 saturated carbocycles. The Kier molecular flexibility index (Phi) is 5.59. The van der Waals surface area contributed by atoms with Gasteiger partial charge in [0.1, 0.15) is 0 Å². The first-order chi connectivity index (χ1) is 12.3. The number of nitrogens with zero attached hydrogens (tertiary/aromatic N) is 3. The van der Waals surface area contributed by atoms with Gasteiger partial charge < -0.3 is 10.0 Å². The number of carbonyl (C=O) groups excluding carboxylic acids is 1. The second-order valence-corrected chi connectivity index (χ2v) is 5.85. The maximum absolute atomic E-state index is 12.8. The molecule has 0 aliphatic carbocycles. The van der Waals surface area contributed by atoms with E-state index in [-0.39, 0.29) is 19.1 Å². The average molecular weight is 335 g/mol. The van der Waals surface area contributed by atoms with Crippen LogP contribution in [0.4, 0.5) is 0 Å². The van der Waals surface area contributed by atoms with Crippen molar-refractivity contribution in [3.63, 3.8) is 0 Å². The van der Waals surface area contributed by atoms with Crippen molar-refractivity contribution in [1.29, 1.82) is 0 Å². The molecule has 0 radical (unpaired) electrons. The van der Waals surface area contributed by atoms with Gasteiger partial charge in [0.05, 0.1) is 24.9 Å². The van der Waals surface area contributed by atoms with E-state index in [0.29, 0.717) is 18.7 Å². The molecule has 128 valence electrons. The number of aromatic nitrogens is 2. The predicted molar refractivity (Wildman–Crippen MR) is 96.0 cm³/mol. The maximum atomic E-state index is 12.8. The number of amides is 1. The zero-order chi connectivity index (χ0) is 17.5. The first-order valence-electron chi connectivity index (χ1n) is 8.26. The van der Waals surface area contributed by atoms with Gasteiger partial charge in [-0.05, 0) is 11.1 Å². The lowest BCUT2D eigenvalue weighted by atomic mass is 10.2. The number of benzene rings is 2. The first kappa shape index (κ1) is 16.9. The summed E-state index contributed by atoms with van der Waals surface area (Å²) in [4.78, 5) is 14.4. The second-order valence-electron chi connectivity index (χ2n) is 5.85. The standard InChI is InChI=1S/C20H21N3O2/c24-12-11-22(14-17-7-3-1-4-8-17)20(25)19-13-21-23(16-19)15-18-9-5-2-6-10-18/h1-10,13,16,24H,11-12,14-15H2. The van der Waals surface area contributed by atoms with Crippen molar-refractivity contribution in [3.05, 3.63) is 89.7 Å². The number of hydrogen-bond donors (Lipinski definition) is 1. The summed E-state index contributed by atoms with van der Waals surface area (Å²) in [5, 5.41) is 13.6. The van der Waals surface area contributed by atoms with E-state index in [1.807, 2.05) is 60.7 Å². The summed E-state index contributed by atoms with van der Waals surface area (Å²) in [5.41, 5.74) is 2.68. The maximum Gasteiger partial charge on any atom is 0.257 e. The van der Waals surface area contributed by atoms with E-state index in [4.69, 9.17) is 0 Å². The number of carbonyl (C=O) groups is 1. The van der Waals surface area contributed by atoms with Crippen molar-refractivity contribution in [2.45, 2.75) is 13.1 Å². The summed E-state index contributed by atoms with van der Waals surface area (Å²) in [5.74, 6) is -0.128. The molecule has 2 aromatic carbocycles. The quantitative estimate of drug-likeness (QED) is 0.722. The van der Waals surface area contributed by atoms with Crippen LogP contribution in [0.1, 0.15) is 21.5 Å². The van der Waals surface area contributed by atoms with Crippen molar-refractivity contribution < 1.29 is 9.90 Å². The third kappa shape index (κ3) is 4.55. The molecule has 0 aliphatic rings. The van der Waals surface area contributed by atoms with E-state index in [9.17, 15) is 9.90 Å². The fraction of sp³-hybridized carbons (Fsp3) is 0.200. The van der Waals surface area contributed by atoms with Crippen LogP contribution >= 0.6 is 0 Å². The molecule has 0 unspecified atom stereocenters. The van der Waals surface area contributed by atoms with Crippen LogP contribution in [-0.4, -0.2) is 38.8 Å². The predicted octanol–water partition coefficient (Wildman–Crippen LogP) is 2.57. The Bertz CT molecular complexity index is 800. The van der Waals surface area contributed by atoms with Gasteiger partial charge >= 0.3 is 0 Å². The largest absolute Gasteiger partial charge is 0.395 e. The van der Waals surface area contributed by atoms with Gasteiger partial charge in [-0.15, -0.1) is 0 Å². The monoisotopic (exact) mass is 335 g/mol. The molecule has 3 rings (SSSR count). The summed E-state index contributed by atoms with van der Waals surface area (Å²) in [6.45, 7) is 1.30. The molecule has 0 fully saturated rings. The fourth-order valence-corrected chi connectivity index (χ4v) is 2.69. The number of aliphatic hydroxyl groups is 1. The van der Waals surface area contributed by atoms with Crippen molar-refractivity contribution >= 4 is 5.91 Å². The second kappa shape index (κ2) is 8.26. The van der Waals surface area contributed by atoms with Crippen LogP contribution < -0.4 is 0 Å². The van der Waals surface area contributed by atoms with Crippen LogP contribution in [0.15, 0.2) is 73.1 Å². The number of rotatable bonds is 7. The molecule has 5 nitrogen and oxygen atoms in total. The number of aliphatic hydroxyl groups excluding tert-OH is 1. The third-order valence-corrected chi connectivity index (χ3v) is 3.94. The van der Waals surface area contributed by atoms with Crippen molar-refractivity contribution in [3.8, 4) is 0 Å². The first-order valence-corrected chi connectivity index (χ1v) is 8.26. The normalized spacial score (nSPS) is 10.6. The van der Waals surface area contributed by atoms with Gasteiger partial charge in [0, 0.05) is 19.3 Å². The lowest BCUT2D eigenvalue weighted by Crippen LogP contribution is -2.32. The zero-order valence-corrected chi connectivity index (χ0v) is 14.0. The lowest BCUT2D eigenvalue weighted by Gasteiger charge is -2.21. The topological polar surface area (TPSA) is 58.4 Å². The molecule has 0 spiro atoms. The van der Waals surface area contributed by atoms with Gasteiger partial charge in [-0.25, -0.2) is 0 Å². The minimum Gasteiger partial charge on any atom is -0.395 e. The van der Waals surface area contributed by atoms with E-state index < -0.39 is 0 Å². The van der Waals surface area contributed by atoms with E-state index >= 15 is 0 Å². The van der Waals surface area contributed by atoms with E-state index in [0.717, 1.165) is 11.1 Å². The Hall–Kier alpha value is -2.92. The van der Waals surface area contributed by atoms with E-state index in [2.05, 4.69) is 5.10 Å². The van der Waals surface area contributed by atoms with Gasteiger partial charge in [-0.2, -0.15) is 5.10 Å². The summed E-state index contributed by atoms with van der Waals surface area (Å²) < 4.78 is 1.75. The van der Waals surface area contributed by atoms with Crippen LogP contribution in [0, 0.1) is 0 Å². The summed E-state index contributed by atoms with van der Waals surface area (Å²) in [7, 11) is 0. The fourth-order valence-electron chi connectivity index (χ4n) is 2.69. The Morgan fingerprint density at radius 1 is 1.00 bits per heavy atom. The van der Waals surface area contributed by atoms with Gasteiger partial charge in [0.15, 0.2) is 0 Å². The molecule has 1 aromatic heterocycles. The van der Waals surface area contributed by atoms with Crippen molar-refractivity contribution in [1.82, 2.24) is 14.7 Å². The molecule has 0 bridgehead atoms. The molecule has 0 aliphatic heterocycles. The molecule has 0 saturated heterocycles. The Morgan fingerprint density at radius 3 is 2.28 bits per heavy atom. The highest BCUT2D eigenvalue weighted by Gasteiger charge is 2.17. The van der Waals surface area contributed by atoms with Crippen molar-refractivity contribution in [2.24, 2.45) is 0 Å². The molecular formula is C20H21N3O2. The Balaban J connectivity index is 1.71. The minimum absolute atomic E-state index is 0.0727. The zero-order valence-electron chi connectivity index (χ0n) is 14.0. The lowest BCUT2D eigenvalue weighted by molar-refractivity contribution is 0.0707. The van der Waals surface area contributed by atoms with Gasteiger partial charge in [-0.1, -0.05) is 60.7 Å². The Labute approximate surface area is 147 Å². The molecule has 0 atom stereocenters. The molecule has 25 heavy (non-hydrogen) atoms. The van der Waals surface area contributed by atoms with E-state index in [1.54, 1.807) is 22.0 Å². The van der Waals surface area contributed by atoms with Crippen LogP contribution in [0.5, 0.6) is 0 Å². The molecule has 5 heteroatoms. The summed E-state index contributed by atoms with van der Waals surface area (Å²) in [6, 6.07) is 19.7. The highest BCUT2D eigenvalue weighted by molar-refractivity contribution is 5.93. The van der Waals surface area contributed by atoms with Crippen LogP contribution in [0.3, 0.4) is 0 Å². The van der Waals surface area contributed by atoms with Gasteiger partial charge in [-0.3, -0.25) is 9.48 Å². The van der Waals surface area contributed by atoms with Gasteiger partial charge in [0.2, 0.25) is 0 Å².